The SMILES string of the molecule is CC(C)=CCNc1nc2ccc(N)cc2[nH]1. The number of anilines is 2. The molecule has 0 bridgehead atoms. The summed E-state index contributed by atoms with van der Waals surface area (Å²) in [5, 5.41) is 3.20. The number of H-pyrrole nitrogens is 1. The zero-order chi connectivity index (χ0) is 11.5. The van der Waals surface area contributed by atoms with Crippen LogP contribution >= 0.6 is 0 Å². The maximum absolute atomic E-state index is 5.70. The fraction of sp³-hybridized carbons (Fsp3) is 0.250. The molecule has 2 rings (SSSR count). The first kappa shape index (κ1) is 10.5. The Hall–Kier alpha value is -1.97. The van der Waals surface area contributed by atoms with Crippen LogP contribution in [0.5, 0.6) is 0 Å². The van der Waals surface area contributed by atoms with Crippen LogP contribution in [0.1, 0.15) is 13.8 Å². The van der Waals surface area contributed by atoms with Crippen molar-refractivity contribution in [2.75, 3.05) is 17.6 Å². The molecule has 16 heavy (non-hydrogen) atoms. The summed E-state index contributed by atoms with van der Waals surface area (Å²) < 4.78 is 0. The second-order valence-corrected chi connectivity index (χ2v) is 4.02. The summed E-state index contributed by atoms with van der Waals surface area (Å²) >= 11 is 0. The van der Waals surface area contributed by atoms with Gasteiger partial charge in [0.25, 0.3) is 0 Å². The molecule has 0 saturated carbocycles. The fourth-order valence-electron chi connectivity index (χ4n) is 1.46. The molecule has 0 radical (unpaired) electrons. The highest BCUT2D eigenvalue weighted by Crippen LogP contribution is 2.16. The monoisotopic (exact) mass is 216 g/mol. The Labute approximate surface area is 94.6 Å². The molecule has 0 saturated heterocycles. The number of hydrogen-bond acceptors (Lipinski definition) is 3. The van der Waals surface area contributed by atoms with Crippen molar-refractivity contribution in [2.45, 2.75) is 13.8 Å². The number of nitrogens with zero attached hydrogens (tertiary/aromatic N) is 1. The van der Waals surface area contributed by atoms with E-state index in [1.165, 1.54) is 5.57 Å². The van der Waals surface area contributed by atoms with Gasteiger partial charge in [0.05, 0.1) is 11.0 Å². The number of fused-ring (bicyclic) bond motifs is 1. The molecule has 4 N–H and O–H groups in total. The molecule has 4 heteroatoms. The van der Waals surface area contributed by atoms with E-state index in [1.54, 1.807) is 0 Å². The van der Waals surface area contributed by atoms with Gasteiger partial charge in [0.1, 0.15) is 0 Å². The topological polar surface area (TPSA) is 66.7 Å². The molecule has 2 aromatic rings. The maximum Gasteiger partial charge on any atom is 0.201 e. The molecule has 1 aromatic carbocycles. The van der Waals surface area contributed by atoms with Crippen LogP contribution in [0, 0.1) is 0 Å². The molecule has 0 aliphatic heterocycles. The average Bonchev–Trinajstić information content (AvgIpc) is 2.58. The van der Waals surface area contributed by atoms with Crippen LogP contribution < -0.4 is 11.1 Å². The van der Waals surface area contributed by atoms with Gasteiger partial charge >= 0.3 is 0 Å². The van der Waals surface area contributed by atoms with Crippen molar-refractivity contribution in [3.63, 3.8) is 0 Å². The van der Waals surface area contributed by atoms with Crippen molar-refractivity contribution >= 4 is 22.7 Å². The zero-order valence-corrected chi connectivity index (χ0v) is 9.54. The molecule has 1 aromatic heterocycles. The predicted molar refractivity (Wildman–Crippen MR) is 68.4 cm³/mol. The van der Waals surface area contributed by atoms with E-state index >= 15 is 0 Å². The number of aromatic amines is 1. The first-order valence-corrected chi connectivity index (χ1v) is 5.27. The van der Waals surface area contributed by atoms with Crippen LogP contribution in [0.3, 0.4) is 0 Å². The third kappa shape index (κ3) is 2.34. The first-order valence-electron chi connectivity index (χ1n) is 5.27. The Balaban J connectivity index is 2.17. The quantitative estimate of drug-likeness (QED) is 0.545. The predicted octanol–water partition coefficient (Wildman–Crippen LogP) is 2.52. The molecule has 0 aliphatic carbocycles. The largest absolute Gasteiger partial charge is 0.399 e. The van der Waals surface area contributed by atoms with E-state index in [1.807, 2.05) is 18.2 Å². The van der Waals surface area contributed by atoms with Crippen molar-refractivity contribution in [1.29, 1.82) is 0 Å². The summed E-state index contributed by atoms with van der Waals surface area (Å²) in [4.78, 5) is 7.58. The molecule has 0 atom stereocenters. The van der Waals surface area contributed by atoms with Gasteiger partial charge in [-0.3, -0.25) is 0 Å². The molecule has 4 nitrogen and oxygen atoms in total. The number of nitrogen functional groups attached to an aromatic ring is 1. The molecule has 84 valence electrons. The summed E-state index contributed by atoms with van der Waals surface area (Å²) in [5.74, 6) is 0.776. The number of imidazole rings is 1. The minimum Gasteiger partial charge on any atom is -0.399 e. The van der Waals surface area contributed by atoms with Gasteiger partial charge in [0.15, 0.2) is 0 Å². The highest BCUT2D eigenvalue weighted by atomic mass is 15.1. The van der Waals surface area contributed by atoms with Crippen molar-refractivity contribution in [3.05, 3.63) is 29.8 Å². The van der Waals surface area contributed by atoms with Crippen molar-refractivity contribution in [3.8, 4) is 0 Å². The first-order chi connectivity index (χ1) is 7.65. The smallest absolute Gasteiger partial charge is 0.201 e. The summed E-state index contributed by atoms with van der Waals surface area (Å²) in [6.45, 7) is 4.92. The molecule has 0 unspecified atom stereocenters. The van der Waals surface area contributed by atoms with Gasteiger partial charge in [-0.2, -0.15) is 0 Å². The summed E-state index contributed by atoms with van der Waals surface area (Å²) in [7, 11) is 0. The highest BCUT2D eigenvalue weighted by Gasteiger charge is 2.01. The number of benzene rings is 1. The normalized spacial score (nSPS) is 10.4. The zero-order valence-electron chi connectivity index (χ0n) is 9.54. The number of allylic oxidation sites excluding steroid dienone is 1. The Kier molecular flexibility index (Phi) is 2.81. The molecular weight excluding hydrogens is 200 g/mol. The van der Waals surface area contributed by atoms with Crippen LogP contribution in [0.15, 0.2) is 29.8 Å². The van der Waals surface area contributed by atoms with Crippen molar-refractivity contribution in [2.24, 2.45) is 0 Å². The molecule has 0 aliphatic rings. The fourth-order valence-corrected chi connectivity index (χ4v) is 1.46. The van der Waals surface area contributed by atoms with Gasteiger partial charge in [0.2, 0.25) is 5.95 Å². The lowest BCUT2D eigenvalue weighted by Crippen LogP contribution is -1.99. The Morgan fingerprint density at radius 3 is 3.06 bits per heavy atom. The second-order valence-electron chi connectivity index (χ2n) is 4.02. The maximum atomic E-state index is 5.70. The molecule has 1 heterocycles. The van der Waals surface area contributed by atoms with E-state index < -0.39 is 0 Å². The molecule has 0 fully saturated rings. The van der Waals surface area contributed by atoms with E-state index in [2.05, 4.69) is 35.2 Å². The molecule has 0 amide bonds. The number of hydrogen-bond donors (Lipinski definition) is 3. The highest BCUT2D eigenvalue weighted by molar-refractivity contribution is 5.80. The van der Waals surface area contributed by atoms with E-state index in [0.29, 0.717) is 0 Å². The standard InChI is InChI=1S/C12H16N4/c1-8(2)5-6-14-12-15-10-4-3-9(13)7-11(10)16-12/h3-5,7H,6,13H2,1-2H3,(H2,14,15,16). The van der Waals surface area contributed by atoms with Gasteiger partial charge in [0, 0.05) is 12.2 Å². The average molecular weight is 216 g/mol. The summed E-state index contributed by atoms with van der Waals surface area (Å²) in [5.41, 5.74) is 9.61. The molecule has 0 spiro atoms. The Morgan fingerprint density at radius 2 is 2.31 bits per heavy atom. The number of aromatic nitrogens is 2. The number of nitrogens with two attached hydrogens (primary N) is 1. The van der Waals surface area contributed by atoms with Crippen molar-refractivity contribution in [1.82, 2.24) is 9.97 Å². The third-order valence-corrected chi connectivity index (χ3v) is 2.29. The van der Waals surface area contributed by atoms with Crippen LogP contribution in [0.25, 0.3) is 11.0 Å². The van der Waals surface area contributed by atoms with E-state index in [4.69, 9.17) is 5.73 Å². The van der Waals surface area contributed by atoms with Gasteiger partial charge < -0.3 is 16.0 Å². The van der Waals surface area contributed by atoms with E-state index in [0.717, 1.165) is 29.2 Å². The third-order valence-electron chi connectivity index (χ3n) is 2.29. The van der Waals surface area contributed by atoms with Crippen molar-refractivity contribution < 1.29 is 0 Å². The van der Waals surface area contributed by atoms with Gasteiger partial charge in [-0.05, 0) is 32.0 Å². The van der Waals surface area contributed by atoms with Crippen LogP contribution in [-0.2, 0) is 0 Å². The van der Waals surface area contributed by atoms with Gasteiger partial charge in [-0.1, -0.05) is 11.6 Å². The summed E-state index contributed by atoms with van der Waals surface area (Å²) in [6.07, 6.45) is 2.11. The van der Waals surface area contributed by atoms with Crippen LogP contribution in [0.4, 0.5) is 11.6 Å². The Bertz CT molecular complexity index is 521. The van der Waals surface area contributed by atoms with Crippen LogP contribution in [0.2, 0.25) is 0 Å². The minimum atomic E-state index is 0.743. The lowest BCUT2D eigenvalue weighted by Gasteiger charge is -1.97. The van der Waals surface area contributed by atoms with E-state index in [-0.39, 0.29) is 0 Å². The summed E-state index contributed by atoms with van der Waals surface area (Å²) in [6, 6.07) is 5.64. The second kappa shape index (κ2) is 4.26. The lowest BCUT2D eigenvalue weighted by atomic mass is 10.3. The van der Waals surface area contributed by atoms with Crippen LogP contribution in [-0.4, -0.2) is 16.5 Å². The number of rotatable bonds is 3. The van der Waals surface area contributed by atoms with Gasteiger partial charge in [-0.15, -0.1) is 0 Å². The minimum absolute atomic E-state index is 0.743. The lowest BCUT2D eigenvalue weighted by molar-refractivity contribution is 1.19. The van der Waals surface area contributed by atoms with Gasteiger partial charge in [-0.25, -0.2) is 4.98 Å². The number of nitrogens with one attached hydrogen (secondary N) is 2. The molecular formula is C12H16N4. The Morgan fingerprint density at radius 1 is 1.50 bits per heavy atom. The van der Waals surface area contributed by atoms with E-state index in [9.17, 15) is 0 Å².